The lowest BCUT2D eigenvalue weighted by molar-refractivity contribution is -0.140. The second-order valence-electron chi connectivity index (χ2n) is 13.4. The fourth-order valence-electron chi connectivity index (χ4n) is 8.83. The largest absolute Gasteiger partial charge is 0.480 e. The fraction of sp³-hybridized carbons (Fsp3) is 0.289. The van der Waals surface area contributed by atoms with Crippen LogP contribution in [0.25, 0.3) is 45.1 Å². The molecule has 2 saturated carbocycles. The number of carboxylic acid groups (broad SMARTS) is 1. The second-order valence-corrected chi connectivity index (χ2v) is 19.7. The van der Waals surface area contributed by atoms with E-state index >= 15 is 0 Å². The summed E-state index contributed by atoms with van der Waals surface area (Å²) in [7, 11) is 1.62. The number of para-hydroxylation sites is 1. The van der Waals surface area contributed by atoms with E-state index in [2.05, 4.69) is 96.4 Å². The van der Waals surface area contributed by atoms with Gasteiger partial charge in [0.2, 0.25) is 0 Å². The van der Waals surface area contributed by atoms with Crippen molar-refractivity contribution in [3.63, 3.8) is 0 Å². The number of rotatable bonds is 7. The maximum absolute atomic E-state index is 11.4. The van der Waals surface area contributed by atoms with Crippen LogP contribution >= 0.6 is 69.7 Å². The Hall–Kier alpha value is -2.61. The van der Waals surface area contributed by atoms with Crippen LogP contribution in [-0.4, -0.2) is 46.6 Å². The van der Waals surface area contributed by atoms with Crippen LogP contribution in [0.3, 0.4) is 0 Å². The van der Waals surface area contributed by atoms with Crippen LogP contribution in [0.4, 0.5) is 11.4 Å². The first kappa shape index (κ1) is 31.2. The Labute approximate surface area is 310 Å². The van der Waals surface area contributed by atoms with Crippen molar-refractivity contribution in [1.29, 1.82) is 0 Å². The smallest absolute Gasteiger partial charge is 0.317 e. The molecule has 6 heterocycles. The number of thioether (sulfide) groups is 1. The van der Waals surface area contributed by atoms with Crippen LogP contribution in [0, 0.1) is 11.8 Å². The van der Waals surface area contributed by atoms with Gasteiger partial charge in [0.05, 0.1) is 9.40 Å². The first-order chi connectivity index (χ1) is 23.9. The number of thiophene rings is 4. The molecule has 2 aliphatic carbocycles. The van der Waals surface area contributed by atoms with E-state index in [0.29, 0.717) is 12.0 Å². The van der Waals surface area contributed by atoms with E-state index in [1.165, 1.54) is 69.6 Å². The molecule has 6 unspecified atom stereocenters. The van der Waals surface area contributed by atoms with E-state index in [1.54, 1.807) is 40.7 Å². The summed E-state index contributed by atoms with van der Waals surface area (Å²) in [6, 6.07) is 28.1. The van der Waals surface area contributed by atoms with Crippen molar-refractivity contribution < 1.29 is 14.6 Å². The Balaban J connectivity index is 0.951. The molecule has 2 aliphatic heterocycles. The summed E-state index contributed by atoms with van der Waals surface area (Å²) in [6.07, 6.45) is 5.84. The lowest BCUT2D eigenvalue weighted by Crippen LogP contribution is -2.38. The number of ether oxygens (including phenoxy) is 1. The molecular weight excluding hydrogens is 725 g/mol. The van der Waals surface area contributed by atoms with Gasteiger partial charge in [-0.05, 0) is 96.8 Å². The summed E-state index contributed by atoms with van der Waals surface area (Å²) in [5.74, 6) is 1.37. The first-order valence-corrected chi connectivity index (χ1v) is 21.2. The van der Waals surface area contributed by atoms with Gasteiger partial charge in [0.15, 0.2) is 0 Å². The summed E-state index contributed by atoms with van der Waals surface area (Å²) in [5, 5.41) is 9.35. The predicted molar refractivity (Wildman–Crippen MR) is 213 cm³/mol. The molecule has 6 aromatic rings. The average molecular weight is 757 g/mol. The van der Waals surface area contributed by atoms with Crippen molar-refractivity contribution in [3.8, 4) is 20.2 Å². The van der Waals surface area contributed by atoms with Crippen LogP contribution in [0.2, 0.25) is 0 Å². The highest BCUT2D eigenvalue weighted by molar-refractivity contribution is 8.13. The molecule has 1 saturated heterocycles. The maximum atomic E-state index is 11.4. The summed E-state index contributed by atoms with van der Waals surface area (Å²) in [6.45, 7) is -0.112. The minimum atomic E-state index is -0.887. The molecule has 4 aromatic heterocycles. The zero-order valence-corrected chi connectivity index (χ0v) is 31.4. The van der Waals surface area contributed by atoms with Gasteiger partial charge in [-0.25, -0.2) is 4.90 Å². The number of fused-ring (bicyclic) bond motifs is 10. The molecule has 1 N–H and O–H groups in total. The van der Waals surface area contributed by atoms with Crippen LogP contribution in [0.15, 0.2) is 77.7 Å². The predicted octanol–water partition coefficient (Wildman–Crippen LogP) is 11.3. The van der Waals surface area contributed by atoms with Crippen molar-refractivity contribution in [2.24, 2.45) is 11.8 Å². The van der Waals surface area contributed by atoms with E-state index in [1.807, 2.05) is 34.0 Å². The molecule has 10 rings (SSSR count). The number of hydrogen-bond acceptors (Lipinski definition) is 10. The van der Waals surface area contributed by atoms with Crippen LogP contribution < -0.4 is 4.90 Å². The Morgan fingerprint density at radius 2 is 1.69 bits per heavy atom. The van der Waals surface area contributed by atoms with E-state index in [-0.39, 0.29) is 11.3 Å². The number of carbonyl (C=O) groups is 1. The Morgan fingerprint density at radius 3 is 2.49 bits per heavy atom. The monoisotopic (exact) mass is 756 g/mol. The van der Waals surface area contributed by atoms with Crippen molar-refractivity contribution in [2.45, 2.75) is 42.2 Å². The van der Waals surface area contributed by atoms with E-state index in [0.717, 1.165) is 21.6 Å². The molecule has 2 aromatic carbocycles. The average Bonchev–Trinajstić information content (AvgIpc) is 3.94. The highest BCUT2D eigenvalue weighted by Crippen LogP contribution is 2.63. The number of aliphatic carboxylic acids is 1. The van der Waals surface area contributed by atoms with E-state index in [4.69, 9.17) is 4.74 Å². The van der Waals surface area contributed by atoms with Gasteiger partial charge in [-0.3, -0.25) is 4.79 Å². The molecule has 5 nitrogen and oxygen atoms in total. The van der Waals surface area contributed by atoms with Crippen molar-refractivity contribution >= 4 is 112 Å². The highest BCUT2D eigenvalue weighted by Gasteiger charge is 2.55. The van der Waals surface area contributed by atoms with Crippen LogP contribution in [0.1, 0.15) is 35.6 Å². The third-order valence-corrected chi connectivity index (χ3v) is 17.5. The van der Waals surface area contributed by atoms with Crippen molar-refractivity contribution in [3.05, 3.63) is 88.1 Å². The molecule has 0 amide bonds. The molecule has 0 spiro atoms. The quantitative estimate of drug-likeness (QED) is 0.158. The van der Waals surface area contributed by atoms with Crippen molar-refractivity contribution in [1.82, 2.24) is 4.90 Å². The minimum Gasteiger partial charge on any atom is -0.480 e. The lowest BCUT2D eigenvalue weighted by Gasteiger charge is -2.33. The fourth-order valence-corrected chi connectivity index (χ4v) is 15.6. The molecule has 3 fully saturated rings. The summed E-state index contributed by atoms with van der Waals surface area (Å²) in [4.78, 5) is 21.8. The standard InChI is InChI=1S/C38H32N2O3S6/c1-43-37-31(49-38(44)39(37)18-32(41)42)15-23-10-12-26(45-23)28-17-30-36(48-28)35-29(46-30)16-27(47-35)19-9-11-25-24(14-19)33-20-7-8-21(13-20)34(33)40(25)22-5-3-2-4-6-22/h2-6,9-12,14-17,20-21,33-34,37-38,44H,7-8,13,18H2,1H3,(H,41,42)/b31-15-. The third-order valence-electron chi connectivity index (χ3n) is 10.7. The van der Waals surface area contributed by atoms with Gasteiger partial charge < -0.3 is 14.7 Å². The van der Waals surface area contributed by atoms with Crippen LogP contribution in [0.5, 0.6) is 0 Å². The topological polar surface area (TPSA) is 53.0 Å². The highest BCUT2D eigenvalue weighted by atomic mass is 32.2. The van der Waals surface area contributed by atoms with E-state index in [9.17, 15) is 9.90 Å². The Bertz CT molecular complexity index is 2280. The van der Waals surface area contributed by atoms with E-state index < -0.39 is 12.2 Å². The number of carboxylic acids is 1. The summed E-state index contributed by atoms with van der Waals surface area (Å²) in [5.41, 5.74) is 5.68. The Morgan fingerprint density at radius 1 is 0.918 bits per heavy atom. The molecule has 4 aliphatic rings. The lowest BCUT2D eigenvalue weighted by atomic mass is 9.82. The third kappa shape index (κ3) is 5.03. The van der Waals surface area contributed by atoms with Gasteiger partial charge in [0.25, 0.3) is 0 Å². The molecule has 0 radical (unpaired) electrons. The van der Waals surface area contributed by atoms with Crippen LogP contribution in [-0.2, 0) is 9.53 Å². The van der Waals surface area contributed by atoms with Gasteiger partial charge in [-0.2, -0.15) is 0 Å². The molecule has 49 heavy (non-hydrogen) atoms. The van der Waals surface area contributed by atoms with Gasteiger partial charge in [0.1, 0.15) is 17.5 Å². The Kier molecular flexibility index (Phi) is 7.62. The number of benzene rings is 2. The summed E-state index contributed by atoms with van der Waals surface area (Å²) < 4.78 is 10.9. The zero-order valence-electron chi connectivity index (χ0n) is 26.4. The number of nitrogens with zero attached hydrogens (tertiary/aromatic N) is 2. The normalized spacial score (nSPS) is 26.9. The number of hydrogen-bond donors (Lipinski definition) is 2. The molecule has 248 valence electrons. The van der Waals surface area contributed by atoms with Gasteiger partial charge in [0, 0.05) is 64.3 Å². The number of thiol groups is 1. The second kappa shape index (κ2) is 12.0. The zero-order chi connectivity index (χ0) is 33.0. The first-order valence-electron chi connectivity index (χ1n) is 16.5. The SMILES string of the molecule is COC1/C(=C/c2ccc(-c3cc4sc5cc(-c6ccc7c(c6)C6C8CCC(C8)C6N7c6ccccc6)sc5c4s3)s2)SC(S)N1CC(=O)O. The number of methoxy groups -OCH3 is 1. The molecular formula is C38H32N2O3S6. The number of anilines is 2. The summed E-state index contributed by atoms with van der Waals surface area (Å²) >= 11 is 13.6. The van der Waals surface area contributed by atoms with Gasteiger partial charge >= 0.3 is 5.97 Å². The molecule has 11 heteroatoms. The molecule has 6 atom stereocenters. The van der Waals surface area contributed by atoms with Crippen molar-refractivity contribution in [2.75, 3.05) is 18.6 Å². The van der Waals surface area contributed by atoms with Gasteiger partial charge in [-0.1, -0.05) is 36.0 Å². The van der Waals surface area contributed by atoms with Gasteiger partial charge in [-0.15, -0.1) is 58.0 Å². The maximum Gasteiger partial charge on any atom is 0.317 e. The minimum absolute atomic E-state index is 0.112. The molecule has 2 bridgehead atoms.